The summed E-state index contributed by atoms with van der Waals surface area (Å²) in [6.45, 7) is 5.57. The maximum atomic E-state index is 13.8. The lowest BCUT2D eigenvalue weighted by molar-refractivity contribution is -0.102. The number of hydrogen-bond acceptors (Lipinski definition) is 8. The lowest BCUT2D eigenvalue weighted by Crippen LogP contribution is -2.48. The second kappa shape index (κ2) is 14.9. The topological polar surface area (TPSA) is 123 Å². The SMILES string of the molecule is CC(C)(C)N(CCOc1ccc(-c2ccccc2)c(C(=O)N(OC2CCCC2)S(C)(=O)=O)c1)C(=O)OC[C@H](O)c1ccccc1. The molecule has 0 bridgehead atoms. The van der Waals surface area contributed by atoms with Crippen LogP contribution in [-0.2, 0) is 19.6 Å². The average Bonchev–Trinajstić information content (AvgIpc) is 3.53. The van der Waals surface area contributed by atoms with Gasteiger partial charge >= 0.3 is 6.09 Å². The fourth-order valence-corrected chi connectivity index (χ4v) is 5.80. The Hall–Kier alpha value is -3.93. The van der Waals surface area contributed by atoms with Gasteiger partial charge in [0, 0.05) is 5.54 Å². The van der Waals surface area contributed by atoms with E-state index in [9.17, 15) is 23.1 Å². The van der Waals surface area contributed by atoms with E-state index in [1.807, 2.05) is 57.2 Å². The van der Waals surface area contributed by atoms with Crippen molar-refractivity contribution < 1.29 is 37.4 Å². The molecule has 10 nitrogen and oxygen atoms in total. The first-order chi connectivity index (χ1) is 21.3. The number of nitrogens with zero attached hydrogens (tertiary/aromatic N) is 2. The van der Waals surface area contributed by atoms with Gasteiger partial charge < -0.3 is 14.6 Å². The minimum absolute atomic E-state index is 0.0558. The number of aliphatic hydroxyl groups excluding tert-OH is 1. The second-order valence-corrected chi connectivity index (χ2v) is 13.9. The molecule has 1 saturated carbocycles. The summed E-state index contributed by atoms with van der Waals surface area (Å²) in [6.07, 6.45) is 2.17. The molecule has 3 aromatic carbocycles. The van der Waals surface area contributed by atoms with Crippen molar-refractivity contribution in [3.05, 3.63) is 90.0 Å². The van der Waals surface area contributed by atoms with Gasteiger partial charge in [0.2, 0.25) is 0 Å². The third-order valence-corrected chi connectivity index (χ3v) is 8.34. The van der Waals surface area contributed by atoms with E-state index in [1.54, 1.807) is 36.4 Å². The molecule has 1 aliphatic carbocycles. The minimum atomic E-state index is -4.05. The van der Waals surface area contributed by atoms with Gasteiger partial charge in [-0.2, -0.15) is 0 Å². The summed E-state index contributed by atoms with van der Waals surface area (Å²) in [5.74, 6) is -0.500. The van der Waals surface area contributed by atoms with Gasteiger partial charge in [-0.3, -0.25) is 14.5 Å². The van der Waals surface area contributed by atoms with Gasteiger partial charge in [0.15, 0.2) is 0 Å². The second-order valence-electron chi connectivity index (χ2n) is 12.1. The Labute approximate surface area is 265 Å². The molecule has 0 heterocycles. The first-order valence-corrected chi connectivity index (χ1v) is 16.9. The van der Waals surface area contributed by atoms with Crippen molar-refractivity contribution in [2.24, 2.45) is 0 Å². The van der Waals surface area contributed by atoms with Crippen molar-refractivity contribution in [1.29, 1.82) is 0 Å². The number of benzene rings is 3. The number of aliphatic hydroxyl groups is 1. The molecule has 1 atom stereocenters. The normalized spacial score (nSPS) is 14.5. The van der Waals surface area contributed by atoms with Crippen LogP contribution in [0.2, 0.25) is 0 Å². The number of carbonyl (C=O) groups is 2. The first kappa shape index (κ1) is 34.0. The number of sulfonamides is 1. The molecule has 0 saturated heterocycles. The summed E-state index contributed by atoms with van der Waals surface area (Å²) < 4.78 is 37.4. The maximum Gasteiger partial charge on any atom is 0.410 e. The van der Waals surface area contributed by atoms with Crippen molar-refractivity contribution in [2.45, 2.75) is 64.2 Å². The predicted molar refractivity (Wildman–Crippen MR) is 171 cm³/mol. The smallest absolute Gasteiger partial charge is 0.410 e. The highest BCUT2D eigenvalue weighted by Crippen LogP contribution is 2.31. The van der Waals surface area contributed by atoms with Gasteiger partial charge in [-0.15, -0.1) is 4.47 Å². The van der Waals surface area contributed by atoms with Crippen molar-refractivity contribution in [1.82, 2.24) is 9.37 Å². The number of hydroxylamine groups is 1. The molecule has 0 aromatic heterocycles. The Morgan fingerprint density at radius 2 is 1.58 bits per heavy atom. The maximum absolute atomic E-state index is 13.8. The summed E-state index contributed by atoms with van der Waals surface area (Å²) in [5, 5.41) is 10.4. The van der Waals surface area contributed by atoms with E-state index >= 15 is 0 Å². The number of ether oxygens (including phenoxy) is 2. The highest BCUT2D eigenvalue weighted by atomic mass is 32.2. The molecule has 11 heteroatoms. The first-order valence-electron chi connectivity index (χ1n) is 15.1. The predicted octanol–water partition coefficient (Wildman–Crippen LogP) is 5.98. The van der Waals surface area contributed by atoms with Crippen LogP contribution in [-0.4, -0.2) is 72.6 Å². The van der Waals surface area contributed by atoms with Gasteiger partial charge in [0.25, 0.3) is 15.9 Å². The molecule has 3 aromatic rings. The molecule has 1 fully saturated rings. The number of carbonyl (C=O) groups excluding carboxylic acids is 2. The van der Waals surface area contributed by atoms with Crippen LogP contribution in [0.4, 0.5) is 4.79 Å². The van der Waals surface area contributed by atoms with E-state index in [4.69, 9.17) is 14.3 Å². The van der Waals surface area contributed by atoms with E-state index in [1.165, 1.54) is 11.0 Å². The minimum Gasteiger partial charge on any atom is -0.492 e. The molecule has 0 radical (unpaired) electrons. The Balaban J connectivity index is 1.51. The Morgan fingerprint density at radius 3 is 2.18 bits per heavy atom. The van der Waals surface area contributed by atoms with Crippen LogP contribution in [0.5, 0.6) is 5.75 Å². The van der Waals surface area contributed by atoms with Gasteiger partial charge in [0.05, 0.1) is 24.5 Å². The van der Waals surface area contributed by atoms with E-state index in [-0.39, 0.29) is 31.4 Å². The van der Waals surface area contributed by atoms with Gasteiger partial charge in [-0.05, 0) is 68.5 Å². The summed E-state index contributed by atoms with van der Waals surface area (Å²) in [4.78, 5) is 34.1. The zero-order valence-electron chi connectivity index (χ0n) is 26.2. The Kier molecular flexibility index (Phi) is 11.2. The van der Waals surface area contributed by atoms with Crippen LogP contribution in [0.1, 0.15) is 68.5 Å². The molecule has 45 heavy (non-hydrogen) atoms. The lowest BCUT2D eigenvalue weighted by atomic mass is 9.99. The zero-order chi connectivity index (χ0) is 32.6. The zero-order valence-corrected chi connectivity index (χ0v) is 27.0. The van der Waals surface area contributed by atoms with Crippen LogP contribution in [0.3, 0.4) is 0 Å². The molecule has 2 amide bonds. The molecular weight excluding hydrogens is 596 g/mol. The molecule has 4 rings (SSSR count). The largest absolute Gasteiger partial charge is 0.492 e. The highest BCUT2D eigenvalue weighted by molar-refractivity contribution is 7.88. The van der Waals surface area contributed by atoms with Crippen LogP contribution in [0.25, 0.3) is 11.1 Å². The third-order valence-electron chi connectivity index (χ3n) is 7.48. The molecule has 0 spiro atoms. The number of rotatable bonds is 12. The quantitative estimate of drug-likeness (QED) is 0.241. The average molecular weight is 639 g/mol. The fourth-order valence-electron chi connectivity index (χ4n) is 5.12. The molecule has 1 N–H and O–H groups in total. The Morgan fingerprint density at radius 1 is 0.956 bits per heavy atom. The van der Waals surface area contributed by atoms with Crippen LogP contribution >= 0.6 is 0 Å². The van der Waals surface area contributed by atoms with Crippen LogP contribution < -0.4 is 4.74 Å². The van der Waals surface area contributed by atoms with Crippen molar-refractivity contribution in [2.75, 3.05) is 26.0 Å². The van der Waals surface area contributed by atoms with E-state index in [0.29, 0.717) is 34.2 Å². The Bertz CT molecular complexity index is 1540. The molecule has 1 aliphatic rings. The third kappa shape index (κ3) is 9.29. The van der Waals surface area contributed by atoms with Crippen molar-refractivity contribution in [3.63, 3.8) is 0 Å². The fraction of sp³-hybridized carbons (Fsp3) is 0.412. The van der Waals surface area contributed by atoms with E-state index in [2.05, 4.69) is 0 Å². The molecule has 0 aliphatic heterocycles. The monoisotopic (exact) mass is 638 g/mol. The molecule has 0 unspecified atom stereocenters. The summed E-state index contributed by atoms with van der Waals surface area (Å²) in [6, 6.07) is 23.0. The van der Waals surface area contributed by atoms with Gasteiger partial charge in [-0.25, -0.2) is 13.2 Å². The summed E-state index contributed by atoms with van der Waals surface area (Å²) in [7, 11) is -4.05. The van der Waals surface area contributed by atoms with Crippen molar-refractivity contribution >= 4 is 22.0 Å². The molecule has 242 valence electrons. The lowest BCUT2D eigenvalue weighted by Gasteiger charge is -2.34. The molecular formula is C34H42N2O8S. The van der Waals surface area contributed by atoms with Gasteiger partial charge in [-0.1, -0.05) is 73.5 Å². The van der Waals surface area contributed by atoms with Crippen molar-refractivity contribution in [3.8, 4) is 16.9 Å². The standard InChI is InChI=1S/C34H42N2O8S/c1-34(2,3)35(33(39)43-24-31(37)26-15-9-6-10-16-26)21-22-42-28-19-20-29(25-13-7-5-8-14-25)30(23-28)32(38)36(45(4,40)41)44-27-17-11-12-18-27/h5-10,13-16,19-20,23,27,31,37H,11-12,17-18,21-22,24H2,1-4H3/t31-/m0/s1. The van der Waals surface area contributed by atoms with Gasteiger partial charge in [0.1, 0.15) is 25.1 Å². The number of hydrogen-bond donors (Lipinski definition) is 1. The van der Waals surface area contributed by atoms with Crippen LogP contribution in [0.15, 0.2) is 78.9 Å². The highest BCUT2D eigenvalue weighted by Gasteiger charge is 2.33. The summed E-state index contributed by atoms with van der Waals surface area (Å²) in [5.41, 5.74) is 1.37. The van der Waals surface area contributed by atoms with E-state index in [0.717, 1.165) is 24.7 Å². The number of amides is 2. The summed E-state index contributed by atoms with van der Waals surface area (Å²) >= 11 is 0. The van der Waals surface area contributed by atoms with Crippen LogP contribution in [0, 0.1) is 0 Å². The van der Waals surface area contributed by atoms with E-state index < -0.39 is 33.7 Å².